The summed E-state index contributed by atoms with van der Waals surface area (Å²) in [7, 11) is 0. The van der Waals surface area contributed by atoms with Gasteiger partial charge in [-0.25, -0.2) is 0 Å². The fourth-order valence-electron chi connectivity index (χ4n) is 4.65. The first-order valence-electron chi connectivity index (χ1n) is 11.2. The van der Waals surface area contributed by atoms with Crippen LogP contribution in [0.4, 0.5) is 0 Å². The molecule has 0 bridgehead atoms. The van der Waals surface area contributed by atoms with Gasteiger partial charge in [-0.3, -0.25) is 9.88 Å². The van der Waals surface area contributed by atoms with Gasteiger partial charge in [-0.15, -0.1) is 6.58 Å². The van der Waals surface area contributed by atoms with Gasteiger partial charge in [0.2, 0.25) is 0 Å². The first kappa shape index (κ1) is 21.5. The van der Waals surface area contributed by atoms with Crippen molar-refractivity contribution in [1.29, 1.82) is 0 Å². The highest BCUT2D eigenvalue weighted by molar-refractivity contribution is 5.83. The first-order valence-corrected chi connectivity index (χ1v) is 11.2. The lowest BCUT2D eigenvalue weighted by molar-refractivity contribution is -0.0325. The molecule has 4 nitrogen and oxygen atoms in total. The number of nitrogens with zero attached hydrogens (tertiary/aromatic N) is 2. The number of ether oxygens (including phenoxy) is 1. The van der Waals surface area contributed by atoms with Gasteiger partial charge < -0.3 is 9.84 Å². The van der Waals surface area contributed by atoms with Gasteiger partial charge in [-0.2, -0.15) is 0 Å². The van der Waals surface area contributed by atoms with E-state index in [0.717, 1.165) is 41.5 Å². The quantitative estimate of drug-likeness (QED) is 0.500. The lowest BCUT2D eigenvalue weighted by Crippen LogP contribution is -2.46. The highest BCUT2D eigenvalue weighted by Gasteiger charge is 2.32. The standard InChI is InChI=1S/C27H32N2O2/c1-4-22-17-29(15-13-19(22)2)20(3)27(31-18-21-8-6-5-7-9-21)24-12-14-28-26-11-10-23(30)16-25(24)26/h4-12,14,16,19-20,22,27,30H,1,13,15,17-18H2,2-3H3. The van der Waals surface area contributed by atoms with Crippen molar-refractivity contribution in [2.24, 2.45) is 11.8 Å². The van der Waals surface area contributed by atoms with Crippen LogP contribution in [-0.2, 0) is 11.3 Å². The highest BCUT2D eigenvalue weighted by atomic mass is 16.5. The average Bonchev–Trinajstić information content (AvgIpc) is 2.80. The van der Waals surface area contributed by atoms with Crippen LogP contribution < -0.4 is 0 Å². The number of aromatic hydroxyl groups is 1. The summed E-state index contributed by atoms with van der Waals surface area (Å²) in [4.78, 5) is 7.02. The molecule has 1 saturated heterocycles. The van der Waals surface area contributed by atoms with Gasteiger partial charge in [0.1, 0.15) is 5.75 Å². The van der Waals surface area contributed by atoms with Gasteiger partial charge in [-0.1, -0.05) is 43.3 Å². The molecule has 31 heavy (non-hydrogen) atoms. The summed E-state index contributed by atoms with van der Waals surface area (Å²) in [5, 5.41) is 11.1. The molecule has 1 fully saturated rings. The number of rotatable bonds is 7. The van der Waals surface area contributed by atoms with E-state index in [1.54, 1.807) is 12.1 Å². The van der Waals surface area contributed by atoms with Crippen LogP contribution in [0.15, 0.2) is 73.4 Å². The molecule has 2 heterocycles. The highest BCUT2D eigenvalue weighted by Crippen LogP contribution is 2.35. The first-order chi connectivity index (χ1) is 15.1. The maximum Gasteiger partial charge on any atom is 0.116 e. The Bertz CT molecular complexity index is 1020. The second-order valence-electron chi connectivity index (χ2n) is 8.72. The fourth-order valence-corrected chi connectivity index (χ4v) is 4.65. The van der Waals surface area contributed by atoms with Crippen LogP contribution >= 0.6 is 0 Å². The molecule has 0 aliphatic carbocycles. The molecule has 0 spiro atoms. The number of piperidine rings is 1. The van der Waals surface area contributed by atoms with E-state index in [2.05, 4.69) is 48.5 Å². The molecule has 4 heteroatoms. The van der Waals surface area contributed by atoms with Crippen molar-refractivity contribution < 1.29 is 9.84 Å². The number of phenols is 1. The lowest BCUT2D eigenvalue weighted by Gasteiger charge is -2.42. The van der Waals surface area contributed by atoms with Crippen molar-refractivity contribution in [2.45, 2.75) is 39.0 Å². The molecular weight excluding hydrogens is 384 g/mol. The maximum atomic E-state index is 10.1. The topological polar surface area (TPSA) is 45.6 Å². The number of phenolic OH excluding ortho intramolecular Hbond substituents is 1. The molecule has 4 atom stereocenters. The third-order valence-electron chi connectivity index (χ3n) is 6.70. The Morgan fingerprint density at radius 1 is 1.23 bits per heavy atom. The Morgan fingerprint density at radius 2 is 2.03 bits per heavy atom. The van der Waals surface area contributed by atoms with Gasteiger partial charge in [0.25, 0.3) is 0 Å². The number of fused-ring (bicyclic) bond motifs is 1. The van der Waals surface area contributed by atoms with Gasteiger partial charge in [0.15, 0.2) is 0 Å². The van der Waals surface area contributed by atoms with Crippen molar-refractivity contribution in [3.05, 3.63) is 84.6 Å². The van der Waals surface area contributed by atoms with Gasteiger partial charge in [-0.05, 0) is 67.1 Å². The smallest absolute Gasteiger partial charge is 0.116 e. The molecule has 4 unspecified atom stereocenters. The maximum absolute atomic E-state index is 10.1. The van der Waals surface area contributed by atoms with E-state index in [9.17, 15) is 5.11 Å². The molecular formula is C27H32N2O2. The normalized spacial score (nSPS) is 21.6. The van der Waals surface area contributed by atoms with Crippen molar-refractivity contribution in [3.8, 4) is 5.75 Å². The van der Waals surface area contributed by atoms with Crippen LogP contribution in [0.25, 0.3) is 10.9 Å². The SMILES string of the molecule is C=CC1CN(C(C)C(OCc2ccccc2)c2ccnc3ccc(O)cc23)CCC1C. The summed E-state index contributed by atoms with van der Waals surface area (Å²) < 4.78 is 6.60. The van der Waals surface area contributed by atoms with Crippen LogP contribution in [0.2, 0.25) is 0 Å². The average molecular weight is 417 g/mol. The number of benzene rings is 2. The zero-order valence-electron chi connectivity index (χ0n) is 18.4. The summed E-state index contributed by atoms with van der Waals surface area (Å²) in [6, 6.07) is 17.8. The van der Waals surface area contributed by atoms with Gasteiger partial charge in [0.05, 0.1) is 18.2 Å². The molecule has 0 saturated carbocycles. The molecule has 0 amide bonds. The van der Waals surface area contributed by atoms with Crippen LogP contribution in [0, 0.1) is 11.8 Å². The predicted octanol–water partition coefficient (Wildman–Crippen LogP) is 5.73. The molecule has 2 aromatic carbocycles. The number of hydrogen-bond acceptors (Lipinski definition) is 4. The predicted molar refractivity (Wildman–Crippen MR) is 126 cm³/mol. The second-order valence-corrected chi connectivity index (χ2v) is 8.72. The second kappa shape index (κ2) is 9.63. The minimum absolute atomic E-state index is 0.147. The third-order valence-corrected chi connectivity index (χ3v) is 6.70. The summed E-state index contributed by atoms with van der Waals surface area (Å²) in [5.41, 5.74) is 3.09. The molecule has 162 valence electrons. The Kier molecular flexibility index (Phi) is 6.69. The molecule has 1 aliphatic rings. The Balaban J connectivity index is 1.68. The fraction of sp³-hybridized carbons (Fsp3) is 0.370. The van der Waals surface area contributed by atoms with E-state index < -0.39 is 0 Å². The van der Waals surface area contributed by atoms with E-state index in [-0.39, 0.29) is 17.9 Å². The zero-order valence-corrected chi connectivity index (χ0v) is 18.4. The summed E-state index contributed by atoms with van der Waals surface area (Å²) in [6.45, 7) is 11.2. The number of likely N-dealkylation sites (tertiary alicyclic amines) is 1. The number of aromatic nitrogens is 1. The van der Waals surface area contributed by atoms with Crippen molar-refractivity contribution in [3.63, 3.8) is 0 Å². The van der Waals surface area contributed by atoms with E-state index in [1.807, 2.05) is 36.5 Å². The van der Waals surface area contributed by atoms with Gasteiger partial charge >= 0.3 is 0 Å². The summed E-state index contributed by atoms with van der Waals surface area (Å²) in [6.07, 6.45) is 4.95. The van der Waals surface area contributed by atoms with Crippen molar-refractivity contribution in [2.75, 3.05) is 13.1 Å². The molecule has 1 N–H and O–H groups in total. The van der Waals surface area contributed by atoms with Crippen LogP contribution in [0.3, 0.4) is 0 Å². The van der Waals surface area contributed by atoms with Crippen LogP contribution in [-0.4, -0.2) is 34.1 Å². The van der Waals surface area contributed by atoms with Crippen molar-refractivity contribution >= 4 is 10.9 Å². The number of pyridine rings is 1. The monoisotopic (exact) mass is 416 g/mol. The van der Waals surface area contributed by atoms with E-state index >= 15 is 0 Å². The van der Waals surface area contributed by atoms with Crippen LogP contribution in [0.5, 0.6) is 5.75 Å². The summed E-state index contributed by atoms with van der Waals surface area (Å²) >= 11 is 0. The van der Waals surface area contributed by atoms with E-state index in [4.69, 9.17) is 4.74 Å². The zero-order chi connectivity index (χ0) is 21.8. The Morgan fingerprint density at radius 3 is 2.81 bits per heavy atom. The molecule has 1 aromatic heterocycles. The molecule has 3 aromatic rings. The number of hydrogen-bond donors (Lipinski definition) is 1. The Hall–Kier alpha value is -2.69. The molecule has 4 rings (SSSR count). The third kappa shape index (κ3) is 4.81. The Labute approximate surface area is 185 Å². The largest absolute Gasteiger partial charge is 0.508 e. The minimum atomic E-state index is -0.147. The van der Waals surface area contributed by atoms with Crippen LogP contribution in [0.1, 0.15) is 37.5 Å². The van der Waals surface area contributed by atoms with E-state index in [1.165, 1.54) is 0 Å². The molecule has 1 aliphatic heterocycles. The lowest BCUT2D eigenvalue weighted by atomic mass is 9.85. The molecule has 0 radical (unpaired) electrons. The summed E-state index contributed by atoms with van der Waals surface area (Å²) in [5.74, 6) is 1.39. The van der Waals surface area contributed by atoms with Gasteiger partial charge in [0, 0.05) is 24.2 Å². The van der Waals surface area contributed by atoms with E-state index in [0.29, 0.717) is 18.4 Å². The van der Waals surface area contributed by atoms with Crippen molar-refractivity contribution in [1.82, 2.24) is 9.88 Å². The minimum Gasteiger partial charge on any atom is -0.508 e.